The number of halogens is 1. The quantitative estimate of drug-likeness (QED) is 0.285. The fourth-order valence-corrected chi connectivity index (χ4v) is 4.24. The van der Waals surface area contributed by atoms with Gasteiger partial charge in [0.2, 0.25) is 5.88 Å². The highest BCUT2D eigenvalue weighted by Gasteiger charge is 2.15. The number of aliphatic imine (C=N–C) groups is 1. The highest BCUT2D eigenvalue weighted by molar-refractivity contribution is 14.0. The number of pyridine rings is 1. The van der Waals surface area contributed by atoms with Gasteiger partial charge in [-0.05, 0) is 61.4 Å². The van der Waals surface area contributed by atoms with Crippen molar-refractivity contribution in [3.8, 4) is 5.88 Å². The lowest BCUT2D eigenvalue weighted by molar-refractivity contribution is 0.148. The lowest BCUT2D eigenvalue weighted by Crippen LogP contribution is -2.37. The van der Waals surface area contributed by atoms with Crippen LogP contribution in [0.4, 0.5) is 0 Å². The van der Waals surface area contributed by atoms with E-state index < -0.39 is 9.84 Å². The zero-order valence-corrected chi connectivity index (χ0v) is 21.9. The number of nitrogens with zero attached hydrogens (tertiary/aromatic N) is 2. The van der Waals surface area contributed by atoms with Gasteiger partial charge in [-0.3, -0.25) is 4.99 Å². The fourth-order valence-electron chi connectivity index (χ4n) is 3.61. The van der Waals surface area contributed by atoms with Gasteiger partial charge in [0.05, 0.1) is 4.90 Å². The second-order valence-corrected chi connectivity index (χ2v) is 9.91. The molecule has 2 aromatic rings. The lowest BCUT2D eigenvalue weighted by atomic mass is 9.98. The molecule has 0 radical (unpaired) electrons. The van der Waals surface area contributed by atoms with E-state index in [1.807, 2.05) is 24.3 Å². The third-order valence-corrected chi connectivity index (χ3v) is 6.51. The maximum atomic E-state index is 11.5. The molecule has 1 fully saturated rings. The first-order valence-electron chi connectivity index (χ1n) is 10.8. The van der Waals surface area contributed by atoms with E-state index in [4.69, 9.17) is 4.74 Å². The summed E-state index contributed by atoms with van der Waals surface area (Å²) in [4.78, 5) is 8.96. The fraction of sp³-hybridized carbons (Fsp3) is 0.478. The number of hydrogen-bond donors (Lipinski definition) is 2. The molecule has 1 aromatic carbocycles. The average molecular weight is 573 g/mol. The largest absolute Gasteiger partial charge is 0.474 e. The second-order valence-electron chi connectivity index (χ2n) is 7.90. The van der Waals surface area contributed by atoms with Gasteiger partial charge in [0.25, 0.3) is 0 Å². The van der Waals surface area contributed by atoms with Gasteiger partial charge in [-0.2, -0.15) is 0 Å². The van der Waals surface area contributed by atoms with E-state index >= 15 is 0 Å². The molecule has 1 heterocycles. The van der Waals surface area contributed by atoms with Crippen molar-refractivity contribution in [2.45, 2.75) is 56.1 Å². The molecule has 1 aliphatic carbocycles. The molecule has 0 atom stereocenters. The van der Waals surface area contributed by atoms with Crippen LogP contribution in [0.25, 0.3) is 0 Å². The van der Waals surface area contributed by atoms with Crippen molar-refractivity contribution in [1.82, 2.24) is 15.6 Å². The molecule has 2 N–H and O–H groups in total. The van der Waals surface area contributed by atoms with Crippen molar-refractivity contribution in [2.75, 3.05) is 19.8 Å². The Morgan fingerprint density at radius 2 is 1.81 bits per heavy atom. The van der Waals surface area contributed by atoms with Gasteiger partial charge in [-0.25, -0.2) is 13.4 Å². The van der Waals surface area contributed by atoms with Crippen molar-refractivity contribution in [3.05, 3.63) is 53.7 Å². The van der Waals surface area contributed by atoms with Crippen LogP contribution in [-0.4, -0.2) is 45.3 Å². The second kappa shape index (κ2) is 13.0. The van der Waals surface area contributed by atoms with Crippen LogP contribution in [0.5, 0.6) is 5.88 Å². The summed E-state index contributed by atoms with van der Waals surface area (Å²) in [6.45, 7) is 1.30. The number of ether oxygens (including phenoxy) is 1. The predicted octanol–water partition coefficient (Wildman–Crippen LogP) is 3.72. The minimum Gasteiger partial charge on any atom is -0.474 e. The van der Waals surface area contributed by atoms with Gasteiger partial charge in [-0.15, -0.1) is 24.0 Å². The molecule has 32 heavy (non-hydrogen) atoms. The highest BCUT2D eigenvalue weighted by Crippen LogP contribution is 2.22. The first-order valence-corrected chi connectivity index (χ1v) is 12.7. The molecule has 1 aliphatic rings. The number of guanidine groups is 1. The number of sulfone groups is 1. The summed E-state index contributed by atoms with van der Waals surface area (Å²) in [5.74, 6) is 1.39. The van der Waals surface area contributed by atoms with E-state index in [-0.39, 0.29) is 30.1 Å². The Balaban J connectivity index is 0.00000363. The molecule has 0 aliphatic heterocycles. The van der Waals surface area contributed by atoms with Crippen molar-refractivity contribution < 1.29 is 13.2 Å². The first kappa shape index (κ1) is 26.4. The zero-order valence-electron chi connectivity index (χ0n) is 18.7. The van der Waals surface area contributed by atoms with Crippen LogP contribution < -0.4 is 15.4 Å². The number of rotatable bonds is 8. The Morgan fingerprint density at radius 1 is 1.09 bits per heavy atom. The Labute approximate surface area is 208 Å². The third-order valence-electron chi connectivity index (χ3n) is 5.38. The minimum atomic E-state index is -3.16. The molecular formula is C23H33IN4O3S. The van der Waals surface area contributed by atoms with Gasteiger partial charge >= 0.3 is 0 Å². The van der Waals surface area contributed by atoms with Crippen LogP contribution in [0.1, 0.15) is 43.2 Å². The van der Waals surface area contributed by atoms with Crippen molar-refractivity contribution in [1.29, 1.82) is 0 Å². The lowest BCUT2D eigenvalue weighted by Gasteiger charge is -2.22. The van der Waals surface area contributed by atoms with E-state index in [9.17, 15) is 8.42 Å². The molecule has 0 saturated heterocycles. The standard InChI is InChI=1S/C23H32N4O3S.HI/c1-24-23(26-15-12-18-8-10-21(11-9-18)31(2,28)29)27-17-19-13-14-25-22(16-19)30-20-6-4-3-5-7-20;/h8-11,13-14,16,20H,3-7,12,15,17H2,1-2H3,(H2,24,26,27);1H. The molecule has 0 unspecified atom stereocenters. The Morgan fingerprint density at radius 3 is 2.47 bits per heavy atom. The summed E-state index contributed by atoms with van der Waals surface area (Å²) < 4.78 is 29.1. The maximum Gasteiger partial charge on any atom is 0.213 e. The van der Waals surface area contributed by atoms with Crippen LogP contribution >= 0.6 is 24.0 Å². The molecule has 0 spiro atoms. The van der Waals surface area contributed by atoms with E-state index in [1.165, 1.54) is 25.5 Å². The van der Waals surface area contributed by atoms with E-state index in [0.29, 0.717) is 29.8 Å². The van der Waals surface area contributed by atoms with Crippen LogP contribution in [-0.2, 0) is 22.8 Å². The Hall–Kier alpha value is -1.88. The molecule has 0 bridgehead atoms. The van der Waals surface area contributed by atoms with Crippen LogP contribution in [0.2, 0.25) is 0 Å². The summed E-state index contributed by atoms with van der Waals surface area (Å²) in [5.41, 5.74) is 2.15. The predicted molar refractivity (Wildman–Crippen MR) is 139 cm³/mol. The summed E-state index contributed by atoms with van der Waals surface area (Å²) in [6.07, 6.45) is 10.0. The number of hydrogen-bond acceptors (Lipinski definition) is 5. The highest BCUT2D eigenvalue weighted by atomic mass is 127. The molecule has 176 valence electrons. The smallest absolute Gasteiger partial charge is 0.213 e. The maximum absolute atomic E-state index is 11.5. The van der Waals surface area contributed by atoms with Gasteiger partial charge in [0.15, 0.2) is 15.8 Å². The molecule has 9 heteroatoms. The van der Waals surface area contributed by atoms with Gasteiger partial charge in [0.1, 0.15) is 6.10 Å². The summed E-state index contributed by atoms with van der Waals surface area (Å²) in [5, 5.41) is 6.60. The third kappa shape index (κ3) is 8.57. The van der Waals surface area contributed by atoms with Gasteiger partial charge in [0, 0.05) is 38.7 Å². The summed E-state index contributed by atoms with van der Waals surface area (Å²) in [6, 6.07) is 10.9. The molecule has 0 amide bonds. The molecule has 1 aromatic heterocycles. The van der Waals surface area contributed by atoms with Crippen LogP contribution in [0.3, 0.4) is 0 Å². The Bertz CT molecular complexity index is 975. The normalized spacial score (nSPS) is 15.0. The van der Waals surface area contributed by atoms with E-state index in [1.54, 1.807) is 25.4 Å². The molecule has 7 nitrogen and oxygen atoms in total. The number of aromatic nitrogens is 1. The van der Waals surface area contributed by atoms with Crippen LogP contribution in [0.15, 0.2) is 52.5 Å². The van der Waals surface area contributed by atoms with E-state index in [0.717, 1.165) is 30.4 Å². The zero-order chi connectivity index (χ0) is 22.1. The van der Waals surface area contributed by atoms with Gasteiger partial charge < -0.3 is 15.4 Å². The topological polar surface area (TPSA) is 92.7 Å². The minimum absolute atomic E-state index is 0. The number of benzene rings is 1. The van der Waals surface area contributed by atoms with Crippen molar-refractivity contribution >= 4 is 39.8 Å². The van der Waals surface area contributed by atoms with Crippen molar-refractivity contribution in [2.24, 2.45) is 4.99 Å². The molecular weight excluding hydrogens is 539 g/mol. The van der Waals surface area contributed by atoms with Crippen molar-refractivity contribution in [3.63, 3.8) is 0 Å². The van der Waals surface area contributed by atoms with Gasteiger partial charge in [-0.1, -0.05) is 18.6 Å². The van der Waals surface area contributed by atoms with E-state index in [2.05, 4.69) is 20.6 Å². The molecule has 3 rings (SSSR count). The van der Waals surface area contributed by atoms with Crippen LogP contribution in [0, 0.1) is 0 Å². The number of nitrogens with one attached hydrogen (secondary N) is 2. The summed E-state index contributed by atoms with van der Waals surface area (Å²) in [7, 11) is -1.42. The average Bonchev–Trinajstić information content (AvgIpc) is 2.77. The Kier molecular flexibility index (Phi) is 10.7. The monoisotopic (exact) mass is 572 g/mol. The summed E-state index contributed by atoms with van der Waals surface area (Å²) >= 11 is 0. The SMILES string of the molecule is CN=C(NCCc1ccc(S(C)(=O)=O)cc1)NCc1ccnc(OC2CCCCC2)c1.I. The molecule has 1 saturated carbocycles. The first-order chi connectivity index (χ1) is 14.9.